The van der Waals surface area contributed by atoms with Gasteiger partial charge in [-0.25, -0.2) is 0 Å². The highest BCUT2D eigenvalue weighted by Crippen LogP contribution is 2.29. The molecule has 3 aromatic carbocycles. The van der Waals surface area contributed by atoms with Gasteiger partial charge in [-0.1, -0.05) is 97.4 Å². The Hall–Kier alpha value is -3.40. The van der Waals surface area contributed by atoms with Gasteiger partial charge in [-0.2, -0.15) is 0 Å². The maximum absolute atomic E-state index is 13.9. The highest BCUT2D eigenvalue weighted by molar-refractivity contribution is 5.88. The van der Waals surface area contributed by atoms with Crippen molar-refractivity contribution in [2.75, 3.05) is 0 Å². The molecule has 0 bridgehead atoms. The van der Waals surface area contributed by atoms with Crippen molar-refractivity contribution < 1.29 is 9.59 Å². The second kappa shape index (κ2) is 12.2. The number of benzene rings is 3. The summed E-state index contributed by atoms with van der Waals surface area (Å²) in [6, 6.07) is 27.9. The van der Waals surface area contributed by atoms with Gasteiger partial charge in [0.2, 0.25) is 11.8 Å². The summed E-state index contributed by atoms with van der Waals surface area (Å²) in [7, 11) is 0. The molecule has 3 aromatic rings. The highest BCUT2D eigenvalue weighted by atomic mass is 16.2. The molecule has 2 amide bonds. The maximum atomic E-state index is 13.9. The van der Waals surface area contributed by atoms with Crippen LogP contribution in [0.15, 0.2) is 84.9 Å². The number of hydrogen-bond donors (Lipinski definition) is 1. The zero-order valence-electron chi connectivity index (χ0n) is 20.7. The van der Waals surface area contributed by atoms with E-state index in [1.165, 1.54) is 0 Å². The number of carbonyl (C=O) groups is 2. The van der Waals surface area contributed by atoms with E-state index in [0.717, 1.165) is 22.3 Å². The number of carbonyl (C=O) groups excluding carboxylic acids is 2. The lowest BCUT2D eigenvalue weighted by molar-refractivity contribution is -0.141. The van der Waals surface area contributed by atoms with Crippen molar-refractivity contribution in [1.29, 1.82) is 0 Å². The van der Waals surface area contributed by atoms with Crippen molar-refractivity contribution in [1.82, 2.24) is 10.2 Å². The van der Waals surface area contributed by atoms with Gasteiger partial charge in [0.25, 0.3) is 0 Å². The van der Waals surface area contributed by atoms with Gasteiger partial charge in [-0.05, 0) is 43.9 Å². The Morgan fingerprint density at radius 3 is 1.94 bits per heavy atom. The molecule has 1 unspecified atom stereocenters. The van der Waals surface area contributed by atoms with Crippen molar-refractivity contribution in [3.63, 3.8) is 0 Å². The van der Waals surface area contributed by atoms with E-state index >= 15 is 0 Å². The average Bonchev–Trinajstić information content (AvgIpc) is 2.83. The molecule has 0 radical (unpaired) electrons. The molecule has 3 rings (SSSR count). The predicted octanol–water partition coefficient (Wildman–Crippen LogP) is 5.85. The van der Waals surface area contributed by atoms with Gasteiger partial charge in [0.15, 0.2) is 0 Å². The van der Waals surface area contributed by atoms with Gasteiger partial charge in [-0.3, -0.25) is 9.59 Å². The maximum Gasteiger partial charge on any atom is 0.243 e. The molecule has 1 atom stereocenters. The third-order valence-electron chi connectivity index (χ3n) is 6.03. The van der Waals surface area contributed by atoms with Crippen molar-refractivity contribution >= 4 is 11.8 Å². The minimum absolute atomic E-state index is 0.0128. The molecule has 0 saturated heterocycles. The Kier molecular flexibility index (Phi) is 9.03. The topological polar surface area (TPSA) is 49.4 Å². The first-order valence-electron chi connectivity index (χ1n) is 12.1. The fraction of sp³-hybridized carbons (Fsp3) is 0.333. The number of rotatable bonds is 10. The van der Waals surface area contributed by atoms with Crippen LogP contribution in [-0.4, -0.2) is 28.8 Å². The first-order valence-corrected chi connectivity index (χ1v) is 12.1. The summed E-state index contributed by atoms with van der Waals surface area (Å²) < 4.78 is 0. The van der Waals surface area contributed by atoms with Crippen LogP contribution in [0.25, 0.3) is 0 Å². The van der Waals surface area contributed by atoms with Crippen LogP contribution in [-0.2, 0) is 16.1 Å². The number of aryl methyl sites for hydroxylation is 1. The molecule has 0 heterocycles. The Labute approximate surface area is 204 Å². The fourth-order valence-corrected chi connectivity index (χ4v) is 4.40. The minimum atomic E-state index is -0.525. The highest BCUT2D eigenvalue weighted by Gasteiger charge is 2.31. The van der Waals surface area contributed by atoms with E-state index in [4.69, 9.17) is 0 Å². The first-order chi connectivity index (χ1) is 16.4. The minimum Gasteiger partial charge on any atom is -0.352 e. The molecular formula is C30H36N2O2. The van der Waals surface area contributed by atoms with Crippen LogP contribution >= 0.6 is 0 Å². The lowest BCUT2D eigenvalue weighted by Gasteiger charge is -2.32. The van der Waals surface area contributed by atoms with E-state index < -0.39 is 6.04 Å². The molecule has 1 N–H and O–H groups in total. The van der Waals surface area contributed by atoms with Crippen molar-refractivity contribution in [2.24, 2.45) is 0 Å². The first kappa shape index (κ1) is 25.2. The zero-order chi connectivity index (χ0) is 24.5. The standard InChI is InChI=1S/C30H36N2O2/c1-5-28(30(34)31-22(2)3)32(21-24-14-12-13-23(4)19-24)29(33)20-27(25-15-8-6-9-16-25)26-17-10-7-11-18-26/h6-19,22,27-28H,5,20-21H2,1-4H3,(H,31,34). The molecule has 0 aromatic heterocycles. The Morgan fingerprint density at radius 2 is 1.44 bits per heavy atom. The molecule has 0 aliphatic heterocycles. The van der Waals surface area contributed by atoms with Crippen LogP contribution in [0.1, 0.15) is 61.8 Å². The molecule has 0 saturated carbocycles. The number of amides is 2. The van der Waals surface area contributed by atoms with Gasteiger partial charge >= 0.3 is 0 Å². The van der Waals surface area contributed by atoms with Gasteiger partial charge in [0, 0.05) is 24.9 Å². The molecule has 0 spiro atoms. The summed E-state index contributed by atoms with van der Waals surface area (Å²) in [6.45, 7) is 8.30. The predicted molar refractivity (Wildman–Crippen MR) is 138 cm³/mol. The monoisotopic (exact) mass is 456 g/mol. The van der Waals surface area contributed by atoms with Crippen LogP contribution in [0.3, 0.4) is 0 Å². The molecule has 34 heavy (non-hydrogen) atoms. The number of hydrogen-bond acceptors (Lipinski definition) is 2. The van der Waals surface area contributed by atoms with Crippen molar-refractivity contribution in [2.45, 2.75) is 65.1 Å². The quantitative estimate of drug-likeness (QED) is 0.416. The molecule has 0 fully saturated rings. The van der Waals surface area contributed by atoms with E-state index in [0.29, 0.717) is 19.4 Å². The van der Waals surface area contributed by atoms with Crippen LogP contribution in [0, 0.1) is 6.92 Å². The summed E-state index contributed by atoms with van der Waals surface area (Å²) in [5.74, 6) is -0.208. The Balaban J connectivity index is 1.95. The number of nitrogens with one attached hydrogen (secondary N) is 1. The van der Waals surface area contributed by atoms with E-state index in [1.54, 1.807) is 4.90 Å². The van der Waals surface area contributed by atoms with Crippen molar-refractivity contribution in [3.8, 4) is 0 Å². The second-order valence-electron chi connectivity index (χ2n) is 9.18. The molecule has 4 nitrogen and oxygen atoms in total. The zero-order valence-corrected chi connectivity index (χ0v) is 20.7. The average molecular weight is 457 g/mol. The fourth-order valence-electron chi connectivity index (χ4n) is 4.40. The molecule has 0 aliphatic rings. The van der Waals surface area contributed by atoms with E-state index in [2.05, 4.69) is 35.6 Å². The van der Waals surface area contributed by atoms with Crippen molar-refractivity contribution in [3.05, 3.63) is 107 Å². The van der Waals surface area contributed by atoms with Gasteiger partial charge in [0.1, 0.15) is 6.04 Å². The van der Waals surface area contributed by atoms with Gasteiger partial charge in [0.05, 0.1) is 0 Å². The summed E-state index contributed by atoms with van der Waals surface area (Å²) >= 11 is 0. The number of nitrogens with zero attached hydrogens (tertiary/aromatic N) is 1. The largest absolute Gasteiger partial charge is 0.352 e. The lowest BCUT2D eigenvalue weighted by Crippen LogP contribution is -2.50. The van der Waals surface area contributed by atoms with E-state index in [-0.39, 0.29) is 23.8 Å². The smallest absolute Gasteiger partial charge is 0.243 e. The Morgan fingerprint density at radius 1 is 0.853 bits per heavy atom. The summed E-state index contributed by atoms with van der Waals surface area (Å²) in [5.41, 5.74) is 4.35. The third-order valence-corrected chi connectivity index (χ3v) is 6.03. The van der Waals surface area contributed by atoms with E-state index in [1.807, 2.05) is 82.3 Å². The van der Waals surface area contributed by atoms with Gasteiger partial charge in [-0.15, -0.1) is 0 Å². The third kappa shape index (κ3) is 6.80. The summed E-state index contributed by atoms with van der Waals surface area (Å²) in [6.07, 6.45) is 0.850. The molecular weight excluding hydrogens is 420 g/mol. The van der Waals surface area contributed by atoms with Gasteiger partial charge < -0.3 is 10.2 Å². The summed E-state index contributed by atoms with van der Waals surface area (Å²) in [5, 5.41) is 3.01. The SMILES string of the molecule is CCC(C(=O)NC(C)C)N(Cc1cccc(C)c1)C(=O)CC(c1ccccc1)c1ccccc1. The van der Waals surface area contributed by atoms with Crippen LogP contribution in [0.2, 0.25) is 0 Å². The van der Waals surface area contributed by atoms with Crippen LogP contribution in [0.4, 0.5) is 0 Å². The summed E-state index contributed by atoms with van der Waals surface area (Å²) in [4.78, 5) is 28.8. The molecule has 178 valence electrons. The normalized spacial score (nSPS) is 11.9. The second-order valence-corrected chi connectivity index (χ2v) is 9.18. The van der Waals surface area contributed by atoms with E-state index in [9.17, 15) is 9.59 Å². The van der Waals surface area contributed by atoms with Crippen LogP contribution < -0.4 is 5.32 Å². The molecule has 0 aliphatic carbocycles. The Bertz CT molecular complexity index is 1020. The lowest BCUT2D eigenvalue weighted by atomic mass is 9.88. The molecule has 4 heteroatoms. The van der Waals surface area contributed by atoms with Crippen LogP contribution in [0.5, 0.6) is 0 Å².